The van der Waals surface area contributed by atoms with Crippen molar-refractivity contribution >= 4 is 0 Å². The minimum atomic E-state index is 0.186. The maximum absolute atomic E-state index is 9.23. The molecule has 1 unspecified atom stereocenters. The first-order valence-electron chi connectivity index (χ1n) is 6.44. The molecular weight excluding hydrogens is 210 g/mol. The Balaban J connectivity index is 2.88. The van der Waals surface area contributed by atoms with Gasteiger partial charge in [-0.2, -0.15) is 0 Å². The first-order chi connectivity index (χ1) is 7.99. The Kier molecular flexibility index (Phi) is 5.16. The fourth-order valence-electron chi connectivity index (χ4n) is 2.19. The molecule has 2 atom stereocenters. The Morgan fingerprint density at radius 2 is 1.71 bits per heavy atom. The fraction of sp³-hybridized carbons (Fsp3) is 0.600. The number of hydrogen-bond donors (Lipinski definition) is 2. The number of aliphatic hydroxyl groups excluding tert-OH is 1. The van der Waals surface area contributed by atoms with Gasteiger partial charge in [0.2, 0.25) is 0 Å². The van der Waals surface area contributed by atoms with Crippen molar-refractivity contribution in [2.45, 2.75) is 53.1 Å². The molecule has 0 amide bonds. The third-order valence-corrected chi connectivity index (χ3v) is 3.55. The monoisotopic (exact) mass is 235 g/mol. The van der Waals surface area contributed by atoms with Crippen LogP contribution >= 0.6 is 0 Å². The Hall–Kier alpha value is -0.860. The van der Waals surface area contributed by atoms with Gasteiger partial charge in [-0.1, -0.05) is 19.1 Å². The summed E-state index contributed by atoms with van der Waals surface area (Å²) in [6, 6.07) is 4.97. The molecule has 2 nitrogen and oxygen atoms in total. The second-order valence-corrected chi connectivity index (χ2v) is 4.97. The van der Waals surface area contributed by atoms with E-state index in [1.165, 1.54) is 22.3 Å². The molecule has 0 radical (unpaired) electrons. The number of rotatable bonds is 5. The van der Waals surface area contributed by atoms with Gasteiger partial charge in [0.25, 0.3) is 0 Å². The van der Waals surface area contributed by atoms with E-state index < -0.39 is 0 Å². The van der Waals surface area contributed by atoms with Gasteiger partial charge in [0.1, 0.15) is 0 Å². The zero-order valence-electron chi connectivity index (χ0n) is 11.7. The van der Waals surface area contributed by atoms with Crippen LogP contribution in [0.5, 0.6) is 0 Å². The van der Waals surface area contributed by atoms with Crippen LogP contribution in [-0.2, 0) is 0 Å². The predicted molar refractivity (Wildman–Crippen MR) is 73.4 cm³/mol. The van der Waals surface area contributed by atoms with Crippen LogP contribution in [0.2, 0.25) is 0 Å². The van der Waals surface area contributed by atoms with E-state index in [9.17, 15) is 5.11 Å². The zero-order valence-corrected chi connectivity index (χ0v) is 11.7. The summed E-state index contributed by atoms with van der Waals surface area (Å²) in [5.74, 6) is 0. The summed E-state index contributed by atoms with van der Waals surface area (Å²) in [5.41, 5.74) is 5.32. The molecule has 0 saturated heterocycles. The maximum Gasteiger partial charge on any atom is 0.0584 e. The Morgan fingerprint density at radius 1 is 1.12 bits per heavy atom. The Labute approximate surface area is 105 Å². The summed E-state index contributed by atoms with van der Waals surface area (Å²) >= 11 is 0. The van der Waals surface area contributed by atoms with Crippen molar-refractivity contribution in [2.24, 2.45) is 0 Å². The Bertz CT molecular complexity index is 369. The summed E-state index contributed by atoms with van der Waals surface area (Å²) < 4.78 is 0. The molecule has 0 heterocycles. The molecule has 96 valence electrons. The van der Waals surface area contributed by atoms with E-state index in [0.717, 1.165) is 6.42 Å². The lowest BCUT2D eigenvalue weighted by molar-refractivity contribution is 0.230. The fourth-order valence-corrected chi connectivity index (χ4v) is 2.19. The van der Waals surface area contributed by atoms with Gasteiger partial charge in [0.05, 0.1) is 6.61 Å². The molecule has 0 bridgehead atoms. The standard InChI is InChI=1S/C15H25NO/c1-6-14(9-17)16-13(5)15-8-11(3)10(2)7-12(15)4/h7-8,13-14,16-17H,6,9H2,1-5H3/t13?,14-/m1/s1. The number of aryl methyl sites for hydroxylation is 3. The lowest BCUT2D eigenvalue weighted by Crippen LogP contribution is -2.34. The predicted octanol–water partition coefficient (Wildman–Crippen LogP) is 3.03. The molecule has 0 aliphatic carbocycles. The van der Waals surface area contributed by atoms with Gasteiger partial charge in [-0.05, 0) is 56.4 Å². The highest BCUT2D eigenvalue weighted by Gasteiger charge is 2.13. The second-order valence-electron chi connectivity index (χ2n) is 4.97. The van der Waals surface area contributed by atoms with Gasteiger partial charge >= 0.3 is 0 Å². The molecule has 1 aromatic carbocycles. The van der Waals surface area contributed by atoms with Crippen LogP contribution in [0.15, 0.2) is 12.1 Å². The molecule has 0 aliphatic rings. The van der Waals surface area contributed by atoms with E-state index in [2.05, 4.69) is 52.1 Å². The molecular formula is C15H25NO. The average Bonchev–Trinajstić information content (AvgIpc) is 2.30. The van der Waals surface area contributed by atoms with Crippen molar-refractivity contribution in [3.63, 3.8) is 0 Å². The highest BCUT2D eigenvalue weighted by molar-refractivity contribution is 5.38. The van der Waals surface area contributed by atoms with E-state index in [-0.39, 0.29) is 18.7 Å². The summed E-state index contributed by atoms with van der Waals surface area (Å²) in [7, 11) is 0. The highest BCUT2D eigenvalue weighted by atomic mass is 16.3. The quantitative estimate of drug-likeness (QED) is 0.822. The average molecular weight is 235 g/mol. The summed E-state index contributed by atoms with van der Waals surface area (Å²) in [5, 5.41) is 12.7. The maximum atomic E-state index is 9.23. The van der Waals surface area contributed by atoms with Crippen LogP contribution in [0.25, 0.3) is 0 Å². The van der Waals surface area contributed by atoms with Crippen LogP contribution in [0, 0.1) is 20.8 Å². The van der Waals surface area contributed by atoms with Crippen LogP contribution in [0.1, 0.15) is 48.6 Å². The third kappa shape index (κ3) is 3.55. The number of aliphatic hydroxyl groups is 1. The van der Waals surface area contributed by atoms with Gasteiger partial charge in [0.15, 0.2) is 0 Å². The van der Waals surface area contributed by atoms with Crippen molar-refractivity contribution in [1.82, 2.24) is 5.32 Å². The molecule has 0 aromatic heterocycles. The van der Waals surface area contributed by atoms with Crippen molar-refractivity contribution in [2.75, 3.05) is 6.61 Å². The number of nitrogens with one attached hydrogen (secondary N) is 1. The normalized spacial score (nSPS) is 14.7. The minimum Gasteiger partial charge on any atom is -0.395 e. The molecule has 0 saturated carbocycles. The summed E-state index contributed by atoms with van der Waals surface area (Å²) in [6.45, 7) is 10.9. The lowest BCUT2D eigenvalue weighted by atomic mass is 9.96. The van der Waals surface area contributed by atoms with Gasteiger partial charge in [-0.25, -0.2) is 0 Å². The lowest BCUT2D eigenvalue weighted by Gasteiger charge is -2.23. The molecule has 2 heteroatoms. The first-order valence-corrected chi connectivity index (χ1v) is 6.44. The molecule has 17 heavy (non-hydrogen) atoms. The largest absolute Gasteiger partial charge is 0.395 e. The van der Waals surface area contributed by atoms with Crippen LogP contribution in [0.4, 0.5) is 0 Å². The van der Waals surface area contributed by atoms with Crippen LogP contribution in [0.3, 0.4) is 0 Å². The van der Waals surface area contributed by atoms with Crippen molar-refractivity contribution in [3.8, 4) is 0 Å². The van der Waals surface area contributed by atoms with Crippen LogP contribution < -0.4 is 5.32 Å². The van der Waals surface area contributed by atoms with Gasteiger partial charge in [-0.15, -0.1) is 0 Å². The van der Waals surface area contributed by atoms with E-state index in [4.69, 9.17) is 0 Å². The zero-order chi connectivity index (χ0) is 13.0. The first kappa shape index (κ1) is 14.2. The summed E-state index contributed by atoms with van der Waals surface area (Å²) in [4.78, 5) is 0. The van der Waals surface area contributed by atoms with E-state index >= 15 is 0 Å². The van der Waals surface area contributed by atoms with Crippen molar-refractivity contribution in [3.05, 3.63) is 34.4 Å². The number of hydrogen-bond acceptors (Lipinski definition) is 2. The molecule has 0 fully saturated rings. The van der Waals surface area contributed by atoms with E-state index in [1.54, 1.807) is 0 Å². The molecule has 0 spiro atoms. The smallest absolute Gasteiger partial charge is 0.0584 e. The van der Waals surface area contributed by atoms with Crippen molar-refractivity contribution < 1.29 is 5.11 Å². The molecule has 1 rings (SSSR count). The molecule has 2 N–H and O–H groups in total. The van der Waals surface area contributed by atoms with Gasteiger partial charge in [0, 0.05) is 12.1 Å². The van der Waals surface area contributed by atoms with E-state index in [0.29, 0.717) is 0 Å². The van der Waals surface area contributed by atoms with Gasteiger partial charge in [-0.3, -0.25) is 0 Å². The van der Waals surface area contributed by atoms with E-state index in [1.807, 2.05) is 0 Å². The van der Waals surface area contributed by atoms with Gasteiger partial charge < -0.3 is 10.4 Å². The van der Waals surface area contributed by atoms with Crippen molar-refractivity contribution in [1.29, 1.82) is 0 Å². The second kappa shape index (κ2) is 6.18. The number of benzene rings is 1. The highest BCUT2D eigenvalue weighted by Crippen LogP contribution is 2.22. The van der Waals surface area contributed by atoms with Crippen LogP contribution in [-0.4, -0.2) is 17.8 Å². The Morgan fingerprint density at radius 3 is 2.24 bits per heavy atom. The molecule has 0 aliphatic heterocycles. The molecule has 1 aromatic rings. The summed E-state index contributed by atoms with van der Waals surface area (Å²) in [6.07, 6.45) is 0.949. The minimum absolute atomic E-state index is 0.186. The SMILES string of the molecule is CC[C@H](CO)NC(C)c1cc(C)c(C)cc1C. The topological polar surface area (TPSA) is 32.3 Å². The third-order valence-electron chi connectivity index (χ3n) is 3.55.